The molecule has 3 aromatic rings. The van der Waals surface area contributed by atoms with Crippen molar-refractivity contribution in [2.24, 2.45) is 0 Å². The van der Waals surface area contributed by atoms with E-state index in [1.54, 1.807) is 12.1 Å². The van der Waals surface area contributed by atoms with Crippen molar-refractivity contribution in [3.05, 3.63) is 48.5 Å². The van der Waals surface area contributed by atoms with Gasteiger partial charge in [-0.05, 0) is 26.0 Å². The predicted octanol–water partition coefficient (Wildman–Crippen LogP) is 3.66. The third-order valence-electron chi connectivity index (χ3n) is 3.00. The van der Waals surface area contributed by atoms with Crippen molar-refractivity contribution < 1.29 is 9.26 Å². The molecule has 3 rings (SSSR count). The molecule has 0 atom stereocenters. The van der Waals surface area contributed by atoms with Crippen LogP contribution in [0, 0.1) is 6.92 Å². The lowest BCUT2D eigenvalue weighted by molar-refractivity contribution is 0.342. The molecule has 0 unspecified atom stereocenters. The molecule has 0 fully saturated rings. The number of rotatable bonds is 6. The monoisotopic (exact) mass is 311 g/mol. The van der Waals surface area contributed by atoms with Gasteiger partial charge in [0.25, 0.3) is 0 Å². The van der Waals surface area contributed by atoms with Crippen LogP contribution in [0.4, 0.5) is 23.1 Å². The molecule has 0 saturated carbocycles. The number of nitrogens with zero attached hydrogens (tertiary/aromatic N) is 3. The highest BCUT2D eigenvalue weighted by Crippen LogP contribution is 2.27. The Morgan fingerprint density at radius 1 is 1.04 bits per heavy atom. The quantitative estimate of drug-likeness (QED) is 0.718. The van der Waals surface area contributed by atoms with Gasteiger partial charge in [0.1, 0.15) is 29.5 Å². The molecule has 0 saturated heterocycles. The van der Waals surface area contributed by atoms with Crippen LogP contribution in [0.1, 0.15) is 12.7 Å². The Bertz CT molecular complexity index is 787. The molecule has 118 valence electrons. The summed E-state index contributed by atoms with van der Waals surface area (Å²) in [5, 5.41) is 10.2. The topological polar surface area (TPSA) is 85.1 Å². The van der Waals surface area contributed by atoms with Crippen LogP contribution < -0.4 is 15.4 Å². The van der Waals surface area contributed by atoms with Crippen molar-refractivity contribution in [3.8, 4) is 5.75 Å². The lowest BCUT2D eigenvalue weighted by Crippen LogP contribution is -2.01. The lowest BCUT2D eigenvalue weighted by atomic mass is 10.3. The van der Waals surface area contributed by atoms with Gasteiger partial charge in [0.05, 0.1) is 12.3 Å². The lowest BCUT2D eigenvalue weighted by Gasteiger charge is -2.12. The molecule has 2 heterocycles. The Morgan fingerprint density at radius 2 is 1.83 bits per heavy atom. The molecule has 2 N–H and O–H groups in total. The van der Waals surface area contributed by atoms with Gasteiger partial charge in [0, 0.05) is 12.1 Å². The first-order valence-electron chi connectivity index (χ1n) is 7.26. The number of nitrogens with one attached hydrogen (secondary N) is 2. The summed E-state index contributed by atoms with van der Waals surface area (Å²) in [7, 11) is 0. The second-order valence-corrected chi connectivity index (χ2v) is 4.79. The summed E-state index contributed by atoms with van der Waals surface area (Å²) in [6.45, 7) is 4.37. The Morgan fingerprint density at radius 3 is 2.57 bits per heavy atom. The number of ether oxygens (including phenoxy) is 1. The summed E-state index contributed by atoms with van der Waals surface area (Å²) in [4.78, 5) is 8.39. The van der Waals surface area contributed by atoms with E-state index >= 15 is 0 Å². The highest BCUT2D eigenvalue weighted by Gasteiger charge is 2.06. The van der Waals surface area contributed by atoms with E-state index in [0.29, 0.717) is 24.1 Å². The standard InChI is InChI=1S/C16H17N5O2/c1-3-22-13-7-5-4-6-12(13)19-14-9-15(18-10-17-14)20-16-8-11(2)23-21-16/h4-10H,3H2,1-2H3,(H2,17,18,19,20,21). The molecule has 2 aromatic heterocycles. The SMILES string of the molecule is CCOc1ccccc1Nc1cc(Nc2cc(C)on2)ncn1. The van der Waals surface area contributed by atoms with Crippen LogP contribution in [-0.4, -0.2) is 21.7 Å². The first-order chi connectivity index (χ1) is 11.2. The first kappa shape index (κ1) is 14.8. The second-order valence-electron chi connectivity index (χ2n) is 4.79. The molecule has 0 amide bonds. The van der Waals surface area contributed by atoms with E-state index in [1.165, 1.54) is 6.33 Å². The predicted molar refractivity (Wildman–Crippen MR) is 87.4 cm³/mol. The fraction of sp³-hybridized carbons (Fsp3) is 0.188. The zero-order valence-electron chi connectivity index (χ0n) is 12.9. The van der Waals surface area contributed by atoms with E-state index < -0.39 is 0 Å². The average Bonchev–Trinajstić information content (AvgIpc) is 2.95. The van der Waals surface area contributed by atoms with Crippen molar-refractivity contribution in [3.63, 3.8) is 0 Å². The van der Waals surface area contributed by atoms with Gasteiger partial charge >= 0.3 is 0 Å². The molecule has 0 radical (unpaired) electrons. The normalized spacial score (nSPS) is 10.3. The molecule has 7 heteroatoms. The summed E-state index contributed by atoms with van der Waals surface area (Å²) in [6.07, 6.45) is 1.47. The van der Waals surface area contributed by atoms with Gasteiger partial charge < -0.3 is 19.9 Å². The van der Waals surface area contributed by atoms with Crippen LogP contribution in [0.15, 0.2) is 47.2 Å². The van der Waals surface area contributed by atoms with E-state index in [9.17, 15) is 0 Å². The van der Waals surface area contributed by atoms with E-state index in [-0.39, 0.29) is 0 Å². The van der Waals surface area contributed by atoms with Crippen LogP contribution in [-0.2, 0) is 0 Å². The van der Waals surface area contributed by atoms with Gasteiger partial charge in [-0.1, -0.05) is 17.3 Å². The minimum Gasteiger partial charge on any atom is -0.492 e. The number of aryl methyl sites for hydroxylation is 1. The van der Waals surface area contributed by atoms with Gasteiger partial charge in [0.15, 0.2) is 5.82 Å². The van der Waals surface area contributed by atoms with Crippen LogP contribution >= 0.6 is 0 Å². The van der Waals surface area contributed by atoms with Gasteiger partial charge in [-0.25, -0.2) is 9.97 Å². The van der Waals surface area contributed by atoms with Crippen LogP contribution in [0.2, 0.25) is 0 Å². The Hall–Kier alpha value is -3.09. The van der Waals surface area contributed by atoms with Gasteiger partial charge in [-0.2, -0.15) is 0 Å². The van der Waals surface area contributed by atoms with Crippen LogP contribution in [0.5, 0.6) is 5.75 Å². The van der Waals surface area contributed by atoms with E-state index in [2.05, 4.69) is 25.8 Å². The molecular weight excluding hydrogens is 294 g/mol. The van der Waals surface area contributed by atoms with Gasteiger partial charge in [0.2, 0.25) is 0 Å². The first-order valence-corrected chi connectivity index (χ1v) is 7.26. The zero-order chi connectivity index (χ0) is 16.1. The van der Waals surface area contributed by atoms with E-state index in [4.69, 9.17) is 9.26 Å². The summed E-state index contributed by atoms with van der Waals surface area (Å²) < 4.78 is 10.6. The molecule has 23 heavy (non-hydrogen) atoms. The summed E-state index contributed by atoms with van der Waals surface area (Å²) >= 11 is 0. The number of hydrogen-bond donors (Lipinski definition) is 2. The second kappa shape index (κ2) is 6.78. The highest BCUT2D eigenvalue weighted by molar-refractivity contribution is 5.66. The molecule has 0 spiro atoms. The molecule has 7 nitrogen and oxygen atoms in total. The summed E-state index contributed by atoms with van der Waals surface area (Å²) in [5.74, 6) is 3.36. The molecule has 1 aromatic carbocycles. The smallest absolute Gasteiger partial charge is 0.175 e. The summed E-state index contributed by atoms with van der Waals surface area (Å²) in [6, 6.07) is 11.3. The number of benzene rings is 1. The fourth-order valence-electron chi connectivity index (χ4n) is 2.04. The molecule has 0 aliphatic heterocycles. The van der Waals surface area contributed by atoms with Crippen molar-refractivity contribution in [1.82, 2.24) is 15.1 Å². The van der Waals surface area contributed by atoms with Gasteiger partial charge in [-0.15, -0.1) is 0 Å². The van der Waals surface area contributed by atoms with Crippen molar-refractivity contribution in [2.45, 2.75) is 13.8 Å². The molecule has 0 aliphatic carbocycles. The number of para-hydroxylation sites is 2. The highest BCUT2D eigenvalue weighted by atomic mass is 16.5. The molecule has 0 aliphatic rings. The van der Waals surface area contributed by atoms with E-state index in [0.717, 1.165) is 17.2 Å². The third-order valence-corrected chi connectivity index (χ3v) is 3.00. The largest absolute Gasteiger partial charge is 0.492 e. The van der Waals surface area contributed by atoms with Crippen LogP contribution in [0.3, 0.4) is 0 Å². The zero-order valence-corrected chi connectivity index (χ0v) is 12.9. The minimum absolute atomic E-state index is 0.598. The maximum absolute atomic E-state index is 5.59. The summed E-state index contributed by atoms with van der Waals surface area (Å²) in [5.41, 5.74) is 0.844. The van der Waals surface area contributed by atoms with E-state index in [1.807, 2.05) is 38.1 Å². The number of anilines is 4. The molecule has 0 bridgehead atoms. The molecular formula is C16H17N5O2. The van der Waals surface area contributed by atoms with Crippen LogP contribution in [0.25, 0.3) is 0 Å². The van der Waals surface area contributed by atoms with Crippen molar-refractivity contribution >= 4 is 23.1 Å². The maximum Gasteiger partial charge on any atom is 0.175 e. The van der Waals surface area contributed by atoms with Crippen molar-refractivity contribution in [1.29, 1.82) is 0 Å². The third kappa shape index (κ3) is 3.76. The number of hydrogen-bond acceptors (Lipinski definition) is 7. The Labute approximate surface area is 133 Å². The Kier molecular flexibility index (Phi) is 4.37. The number of aromatic nitrogens is 3. The maximum atomic E-state index is 5.59. The fourth-order valence-corrected chi connectivity index (χ4v) is 2.04. The van der Waals surface area contributed by atoms with Crippen molar-refractivity contribution in [2.75, 3.05) is 17.2 Å². The minimum atomic E-state index is 0.598. The van der Waals surface area contributed by atoms with Gasteiger partial charge in [-0.3, -0.25) is 0 Å². The average molecular weight is 311 g/mol. The Balaban J connectivity index is 1.77.